The van der Waals surface area contributed by atoms with E-state index in [4.69, 9.17) is 23.3 Å². The molecule has 1 aromatic heterocycles. The Morgan fingerprint density at radius 2 is 2.36 bits per heavy atom. The van der Waals surface area contributed by atoms with E-state index in [0.717, 1.165) is 4.90 Å². The Hall–Kier alpha value is -1.59. The summed E-state index contributed by atoms with van der Waals surface area (Å²) in [5.41, 5.74) is 0.170. The van der Waals surface area contributed by atoms with Crippen molar-refractivity contribution in [3.63, 3.8) is 0 Å². The van der Waals surface area contributed by atoms with Gasteiger partial charge >= 0.3 is 0 Å². The quantitative estimate of drug-likeness (QED) is 0.825. The van der Waals surface area contributed by atoms with Crippen LogP contribution in [0.3, 0.4) is 0 Å². The summed E-state index contributed by atoms with van der Waals surface area (Å²) in [5, 5.41) is 0.218. The van der Waals surface area contributed by atoms with E-state index in [2.05, 4.69) is 20.9 Å². The molecular formula is C20H24BrN3O. The number of carbonyl (C=O) groups excluding carboxylic acids is 1. The van der Waals surface area contributed by atoms with Gasteiger partial charge in [-0.25, -0.2) is 0 Å². The van der Waals surface area contributed by atoms with Crippen molar-refractivity contribution >= 4 is 38.3 Å². The summed E-state index contributed by atoms with van der Waals surface area (Å²) in [6.07, 6.45) is -0.100. The van der Waals surface area contributed by atoms with E-state index < -0.39 is 81.1 Å². The summed E-state index contributed by atoms with van der Waals surface area (Å²) in [6, 6.07) is -3.41. The zero-order valence-corrected chi connectivity index (χ0v) is 14.3. The third-order valence-corrected chi connectivity index (χ3v) is 5.18. The maximum absolute atomic E-state index is 14.0. The summed E-state index contributed by atoms with van der Waals surface area (Å²) < 4.78 is 137. The first-order valence-corrected chi connectivity index (χ1v) is 8.19. The average molecular weight is 419 g/mol. The topological polar surface area (TPSA) is 39.3 Å². The number of hydrogen-bond donors (Lipinski definition) is 1. The number of hydrogen-bond acceptors (Lipinski definition) is 2. The van der Waals surface area contributed by atoms with E-state index in [-0.39, 0.29) is 34.5 Å². The number of benzene rings is 1. The molecule has 1 aliphatic carbocycles. The SMILES string of the molecule is [2H]C1=C2c3c([2H])c([2H])c([2H])c4[nH]c(Br)c(c34)C[C@H]2N(C([2H])([2H])[2H])C[C@@H]1C(=O)N(C([2H])([2H])C([2H])([2H])[2H])C([2H])([2H])C([2H])([2H])[2H]. The van der Waals surface area contributed by atoms with Gasteiger partial charge in [0.05, 0.1) is 16.0 Å². The molecule has 1 aliphatic heterocycles. The maximum atomic E-state index is 14.0. The van der Waals surface area contributed by atoms with Crippen LogP contribution in [0.5, 0.6) is 0 Å². The second-order valence-corrected chi connectivity index (χ2v) is 6.59. The van der Waals surface area contributed by atoms with Crippen molar-refractivity contribution < 1.29 is 28.1 Å². The number of fused-ring (bicyclic) bond motifs is 2. The molecule has 0 bridgehead atoms. The predicted octanol–water partition coefficient (Wildman–Crippen LogP) is 3.67. The van der Waals surface area contributed by atoms with Crippen LogP contribution in [-0.4, -0.2) is 53.2 Å². The van der Waals surface area contributed by atoms with Crippen LogP contribution in [-0.2, 0) is 11.2 Å². The minimum atomic E-state index is -3.92. The third kappa shape index (κ3) is 2.56. The lowest BCUT2D eigenvalue weighted by Gasteiger charge is -2.40. The van der Waals surface area contributed by atoms with Gasteiger partial charge < -0.3 is 9.88 Å². The van der Waals surface area contributed by atoms with Gasteiger partial charge in [-0.05, 0) is 65.8 Å². The Balaban J connectivity index is 2.07. The fraction of sp³-hybridized carbons (Fsp3) is 0.450. The summed E-state index contributed by atoms with van der Waals surface area (Å²) >= 11 is 3.32. The first kappa shape index (κ1) is 6.24. The third-order valence-electron chi connectivity index (χ3n) is 4.50. The Morgan fingerprint density at radius 1 is 1.52 bits per heavy atom. The van der Waals surface area contributed by atoms with Crippen LogP contribution in [0.1, 0.15) is 48.1 Å². The van der Waals surface area contributed by atoms with Crippen molar-refractivity contribution in [2.75, 3.05) is 26.5 Å². The number of aromatic nitrogens is 1. The predicted molar refractivity (Wildman–Crippen MR) is 106 cm³/mol. The number of nitrogens with one attached hydrogen (secondary N) is 1. The molecule has 2 aliphatic rings. The number of halogens is 1. The van der Waals surface area contributed by atoms with Crippen LogP contribution in [0.4, 0.5) is 0 Å². The van der Waals surface area contributed by atoms with Crippen LogP contribution < -0.4 is 0 Å². The van der Waals surface area contributed by atoms with Crippen molar-refractivity contribution in [1.82, 2.24) is 14.8 Å². The van der Waals surface area contributed by atoms with E-state index in [0.29, 0.717) is 10.2 Å². The molecule has 0 unspecified atom stereocenters. The van der Waals surface area contributed by atoms with Gasteiger partial charge in [0.25, 0.3) is 0 Å². The summed E-state index contributed by atoms with van der Waals surface area (Å²) in [5.74, 6) is -3.88. The maximum Gasteiger partial charge on any atom is 0.230 e. The molecule has 0 saturated carbocycles. The summed E-state index contributed by atoms with van der Waals surface area (Å²) in [6.45, 7) is -19.2. The van der Waals surface area contributed by atoms with Crippen molar-refractivity contribution in [2.45, 2.75) is 26.2 Å². The number of aromatic amines is 1. The van der Waals surface area contributed by atoms with Gasteiger partial charge in [0.15, 0.2) is 0 Å². The molecular weight excluding hydrogens is 378 g/mol. The van der Waals surface area contributed by atoms with Gasteiger partial charge in [-0.15, -0.1) is 0 Å². The van der Waals surface area contributed by atoms with Gasteiger partial charge in [-0.3, -0.25) is 9.69 Å². The Labute approximate surface area is 180 Å². The number of carbonyl (C=O) groups is 1. The number of nitrogens with zero attached hydrogens (tertiary/aromatic N) is 2. The zero-order chi connectivity index (χ0) is 32.3. The molecule has 132 valence electrons. The number of H-pyrrole nitrogens is 1. The molecule has 2 atom stereocenters. The Bertz CT molecular complexity index is 1480. The van der Waals surface area contributed by atoms with Gasteiger partial charge in [-0.1, -0.05) is 18.1 Å². The van der Waals surface area contributed by atoms with Gasteiger partial charge in [0, 0.05) is 54.3 Å². The minimum absolute atomic E-state index is 0.0969. The minimum Gasteiger partial charge on any atom is -0.349 e. The lowest BCUT2D eigenvalue weighted by Crippen LogP contribution is -2.47. The van der Waals surface area contributed by atoms with Crippen LogP contribution >= 0.6 is 15.9 Å². The Morgan fingerprint density at radius 3 is 3.12 bits per heavy atom. The monoisotopic (exact) mass is 418 g/mol. The van der Waals surface area contributed by atoms with Crippen LogP contribution in [0.15, 0.2) is 28.8 Å². The van der Waals surface area contributed by atoms with Crippen LogP contribution in [0, 0.1) is 5.92 Å². The van der Waals surface area contributed by atoms with Gasteiger partial charge in [0.1, 0.15) is 0 Å². The average Bonchev–Trinajstić information content (AvgIpc) is 3.14. The largest absolute Gasteiger partial charge is 0.349 e. The molecule has 1 N–H and O–H groups in total. The smallest absolute Gasteiger partial charge is 0.230 e. The zero-order valence-electron chi connectivity index (χ0n) is 29.7. The van der Waals surface area contributed by atoms with Crippen molar-refractivity contribution in [3.05, 3.63) is 39.9 Å². The highest BCUT2D eigenvalue weighted by molar-refractivity contribution is 9.10. The van der Waals surface area contributed by atoms with Gasteiger partial charge in [-0.2, -0.15) is 0 Å². The van der Waals surface area contributed by atoms with E-state index in [1.165, 1.54) is 0 Å². The molecule has 5 heteroatoms. The molecule has 4 nitrogen and oxygen atoms in total. The molecule has 4 rings (SSSR count). The lowest BCUT2D eigenvalue weighted by atomic mass is 9.79. The van der Waals surface area contributed by atoms with Crippen molar-refractivity contribution in [3.8, 4) is 0 Å². The first-order chi connectivity index (χ1) is 18.8. The summed E-state index contributed by atoms with van der Waals surface area (Å²) in [7, 11) is 0. The molecule has 2 aromatic rings. The van der Waals surface area contributed by atoms with Crippen molar-refractivity contribution in [2.24, 2.45) is 5.92 Å². The Kier molecular flexibility index (Phi) is 1.57. The van der Waals surface area contributed by atoms with Crippen LogP contribution in [0.2, 0.25) is 0 Å². The second kappa shape index (κ2) is 6.29. The molecule has 1 amide bonds. The summed E-state index contributed by atoms with van der Waals surface area (Å²) in [4.78, 5) is 17.1. The lowest BCUT2D eigenvalue weighted by molar-refractivity contribution is -0.134. The second-order valence-electron chi connectivity index (χ2n) is 5.80. The fourth-order valence-electron chi connectivity index (χ4n) is 3.38. The van der Waals surface area contributed by atoms with E-state index >= 15 is 0 Å². The molecule has 0 radical (unpaired) electrons. The highest BCUT2D eigenvalue weighted by atomic mass is 79.9. The molecule has 0 spiro atoms. The van der Waals surface area contributed by atoms with E-state index in [1.54, 1.807) is 0 Å². The molecule has 0 saturated heterocycles. The number of likely N-dealkylation sites (N-methyl/N-ethyl adjacent to an activating group) is 1. The standard InChI is InChI=1S/C20H24BrN3O/c1-4-24(5-2)20(25)12-9-14-13-7-6-8-16-18(13)15(19(21)22-16)10-17(14)23(3)11-12/h6-9,12,17,22H,4-5,10-11H2,1-3H3/t12-,17-/m1/s1/i1D3,2D3,3D3,4D2,5D2,6D,7D,8D,9D. The van der Waals surface area contributed by atoms with Crippen LogP contribution in [0.25, 0.3) is 16.5 Å². The highest BCUT2D eigenvalue weighted by Crippen LogP contribution is 2.43. The molecule has 2 heterocycles. The fourth-order valence-corrected chi connectivity index (χ4v) is 3.94. The highest BCUT2D eigenvalue weighted by Gasteiger charge is 2.37. The molecule has 0 fully saturated rings. The van der Waals surface area contributed by atoms with E-state index in [1.807, 2.05) is 0 Å². The normalized spacial score (nSPS) is 35.6. The van der Waals surface area contributed by atoms with Crippen molar-refractivity contribution in [1.29, 1.82) is 0 Å². The number of rotatable bonds is 3. The molecule has 25 heavy (non-hydrogen) atoms. The van der Waals surface area contributed by atoms with E-state index in [9.17, 15) is 4.79 Å². The van der Waals surface area contributed by atoms with Gasteiger partial charge in [0.2, 0.25) is 5.91 Å². The first-order valence-electron chi connectivity index (χ1n) is 15.9. The molecule has 1 aromatic carbocycles. The number of amides is 1.